The summed E-state index contributed by atoms with van der Waals surface area (Å²) in [5, 5.41) is 0.672. The topological polar surface area (TPSA) is 26.0 Å². The summed E-state index contributed by atoms with van der Waals surface area (Å²) >= 11 is 5.82. The minimum atomic E-state index is 0. The minimum Gasteiger partial charge on any atom is -0.398 e. The quantitative estimate of drug-likeness (QED) is 0.628. The highest BCUT2D eigenvalue weighted by Crippen LogP contribution is 2.23. The summed E-state index contributed by atoms with van der Waals surface area (Å²) in [5.41, 5.74) is 8.45. The molecule has 0 radical (unpaired) electrons. The van der Waals surface area contributed by atoms with Gasteiger partial charge in [-0.2, -0.15) is 0 Å². The molecule has 1 rings (SSSR count). The zero-order chi connectivity index (χ0) is 7.72. The van der Waals surface area contributed by atoms with E-state index in [4.69, 9.17) is 17.3 Å². The molecule has 0 saturated heterocycles. The minimum absolute atomic E-state index is 0. The van der Waals surface area contributed by atoms with Crippen molar-refractivity contribution in [3.05, 3.63) is 28.3 Å². The highest BCUT2D eigenvalue weighted by Gasteiger charge is 1.99. The van der Waals surface area contributed by atoms with Gasteiger partial charge >= 0.3 is 0 Å². The Morgan fingerprint density at radius 1 is 1.27 bits per heavy atom. The van der Waals surface area contributed by atoms with Crippen LogP contribution in [0.1, 0.15) is 11.1 Å². The molecule has 0 aromatic heterocycles. The van der Waals surface area contributed by atoms with Crippen LogP contribution >= 0.6 is 24.0 Å². The number of nitrogen functional groups attached to an aromatic ring is 1. The predicted octanol–water partition coefficient (Wildman–Crippen LogP) is 2.96. The van der Waals surface area contributed by atoms with Crippen LogP contribution in [0.4, 0.5) is 5.69 Å². The van der Waals surface area contributed by atoms with E-state index in [0.717, 1.165) is 11.1 Å². The summed E-state index contributed by atoms with van der Waals surface area (Å²) < 4.78 is 0. The van der Waals surface area contributed by atoms with E-state index >= 15 is 0 Å². The summed E-state index contributed by atoms with van der Waals surface area (Å²) in [5.74, 6) is 0. The van der Waals surface area contributed by atoms with Gasteiger partial charge in [0.2, 0.25) is 0 Å². The molecule has 0 fully saturated rings. The second kappa shape index (κ2) is 3.84. The zero-order valence-electron chi connectivity index (χ0n) is 6.52. The van der Waals surface area contributed by atoms with Crippen molar-refractivity contribution in [2.24, 2.45) is 0 Å². The van der Waals surface area contributed by atoms with Crippen LogP contribution < -0.4 is 5.73 Å². The molecule has 3 heteroatoms. The van der Waals surface area contributed by atoms with Crippen molar-refractivity contribution in [1.82, 2.24) is 0 Å². The molecule has 2 N–H and O–H groups in total. The van der Waals surface area contributed by atoms with Crippen LogP contribution in [-0.4, -0.2) is 0 Å². The van der Waals surface area contributed by atoms with E-state index in [1.807, 2.05) is 26.0 Å². The van der Waals surface area contributed by atoms with E-state index in [1.165, 1.54) is 0 Å². The first-order valence-electron chi connectivity index (χ1n) is 3.13. The Morgan fingerprint density at radius 2 is 1.82 bits per heavy atom. The third-order valence-electron chi connectivity index (χ3n) is 1.43. The summed E-state index contributed by atoms with van der Waals surface area (Å²) in [6.45, 7) is 3.95. The second-order valence-corrected chi connectivity index (χ2v) is 2.86. The Labute approximate surface area is 78.0 Å². The lowest BCUT2D eigenvalue weighted by molar-refractivity contribution is 1.39. The maximum Gasteiger partial charge on any atom is 0.0664 e. The molecule has 0 aliphatic carbocycles. The van der Waals surface area contributed by atoms with Crippen molar-refractivity contribution < 1.29 is 0 Å². The van der Waals surface area contributed by atoms with E-state index in [1.54, 1.807) is 0 Å². The first-order valence-corrected chi connectivity index (χ1v) is 3.51. The Balaban J connectivity index is 0.000001000. The fraction of sp³-hybridized carbons (Fsp3) is 0.250. The third-order valence-corrected chi connectivity index (χ3v) is 1.94. The fourth-order valence-electron chi connectivity index (χ4n) is 0.983. The van der Waals surface area contributed by atoms with Gasteiger partial charge in [-0.05, 0) is 31.0 Å². The molecule has 1 aromatic rings. The van der Waals surface area contributed by atoms with E-state index in [2.05, 4.69) is 0 Å². The van der Waals surface area contributed by atoms with Gasteiger partial charge in [0.1, 0.15) is 0 Å². The number of anilines is 1. The van der Waals surface area contributed by atoms with Crippen LogP contribution in [-0.2, 0) is 0 Å². The van der Waals surface area contributed by atoms with Crippen molar-refractivity contribution in [2.75, 3.05) is 5.73 Å². The van der Waals surface area contributed by atoms with Crippen molar-refractivity contribution in [3.63, 3.8) is 0 Å². The first kappa shape index (κ1) is 10.6. The molecule has 1 nitrogen and oxygen atoms in total. The maximum absolute atomic E-state index is 5.82. The second-order valence-electron chi connectivity index (χ2n) is 2.49. The van der Waals surface area contributed by atoms with Gasteiger partial charge in [0.25, 0.3) is 0 Å². The normalized spacial score (nSPS) is 9.00. The summed E-state index contributed by atoms with van der Waals surface area (Å²) in [4.78, 5) is 0. The molecule has 0 atom stereocenters. The lowest BCUT2D eigenvalue weighted by atomic mass is 10.1. The van der Waals surface area contributed by atoms with Gasteiger partial charge in [0.05, 0.1) is 10.7 Å². The predicted molar refractivity (Wildman–Crippen MR) is 52.6 cm³/mol. The van der Waals surface area contributed by atoms with Gasteiger partial charge < -0.3 is 5.73 Å². The number of hydrogen-bond donors (Lipinski definition) is 1. The number of halogens is 2. The largest absolute Gasteiger partial charge is 0.398 e. The molecule has 0 saturated carbocycles. The van der Waals surface area contributed by atoms with Crippen LogP contribution in [0.3, 0.4) is 0 Å². The molecule has 0 unspecified atom stereocenters. The van der Waals surface area contributed by atoms with E-state index in [-0.39, 0.29) is 12.4 Å². The van der Waals surface area contributed by atoms with Crippen LogP contribution in [0.5, 0.6) is 0 Å². The Hall–Kier alpha value is -0.400. The molecule has 0 amide bonds. The van der Waals surface area contributed by atoms with Crippen LogP contribution in [0.2, 0.25) is 5.02 Å². The van der Waals surface area contributed by atoms with Crippen molar-refractivity contribution >= 4 is 29.7 Å². The number of benzene rings is 1. The van der Waals surface area contributed by atoms with Crippen molar-refractivity contribution in [2.45, 2.75) is 13.8 Å². The standard InChI is InChI=1S/C8H10ClN.ClH/c1-5-3-6(2)8(9)7(10)4-5;/h3-4H,10H2,1-2H3;1H. The molecule has 0 bridgehead atoms. The first-order chi connectivity index (χ1) is 4.61. The average molecular weight is 192 g/mol. The van der Waals surface area contributed by atoms with Crippen LogP contribution in [0.15, 0.2) is 12.1 Å². The van der Waals surface area contributed by atoms with E-state index in [0.29, 0.717) is 10.7 Å². The van der Waals surface area contributed by atoms with Crippen LogP contribution in [0.25, 0.3) is 0 Å². The lowest BCUT2D eigenvalue weighted by Gasteiger charge is -2.02. The van der Waals surface area contributed by atoms with Gasteiger partial charge in [0, 0.05) is 0 Å². The Kier molecular flexibility index (Phi) is 3.70. The third kappa shape index (κ3) is 2.28. The van der Waals surface area contributed by atoms with Gasteiger partial charge in [0.15, 0.2) is 0 Å². The van der Waals surface area contributed by atoms with Crippen molar-refractivity contribution in [1.29, 1.82) is 0 Å². The van der Waals surface area contributed by atoms with Crippen molar-refractivity contribution in [3.8, 4) is 0 Å². The highest BCUT2D eigenvalue weighted by atomic mass is 35.5. The number of nitrogens with two attached hydrogens (primary N) is 1. The molecule has 0 aliphatic rings. The summed E-state index contributed by atoms with van der Waals surface area (Å²) in [6, 6.07) is 3.88. The summed E-state index contributed by atoms with van der Waals surface area (Å²) in [7, 11) is 0. The summed E-state index contributed by atoms with van der Waals surface area (Å²) in [6.07, 6.45) is 0. The molecular formula is C8H11Cl2N. The van der Waals surface area contributed by atoms with Gasteiger partial charge in [-0.25, -0.2) is 0 Å². The molecule has 11 heavy (non-hydrogen) atoms. The van der Waals surface area contributed by atoms with Gasteiger partial charge in [-0.3, -0.25) is 0 Å². The number of aryl methyl sites for hydroxylation is 2. The molecule has 0 spiro atoms. The van der Waals surface area contributed by atoms with Crippen LogP contribution in [0, 0.1) is 13.8 Å². The molecule has 1 aromatic carbocycles. The Bertz CT molecular complexity index is 235. The molecule has 0 heterocycles. The lowest BCUT2D eigenvalue weighted by Crippen LogP contribution is -1.89. The Morgan fingerprint density at radius 3 is 2.27 bits per heavy atom. The SMILES string of the molecule is Cc1cc(C)c(Cl)c(N)c1.Cl. The smallest absolute Gasteiger partial charge is 0.0664 e. The maximum atomic E-state index is 5.82. The molecular weight excluding hydrogens is 181 g/mol. The fourth-order valence-corrected chi connectivity index (χ4v) is 1.09. The number of hydrogen-bond acceptors (Lipinski definition) is 1. The van der Waals surface area contributed by atoms with E-state index in [9.17, 15) is 0 Å². The highest BCUT2D eigenvalue weighted by molar-refractivity contribution is 6.33. The monoisotopic (exact) mass is 191 g/mol. The molecule has 0 aliphatic heterocycles. The van der Waals surface area contributed by atoms with Gasteiger partial charge in [-0.1, -0.05) is 17.7 Å². The zero-order valence-corrected chi connectivity index (χ0v) is 8.09. The number of rotatable bonds is 0. The van der Waals surface area contributed by atoms with E-state index < -0.39 is 0 Å². The molecule has 62 valence electrons. The average Bonchev–Trinajstić information content (AvgIpc) is 1.82. The van der Waals surface area contributed by atoms with Gasteiger partial charge in [-0.15, -0.1) is 12.4 Å².